The molecule has 1 aliphatic rings. The summed E-state index contributed by atoms with van der Waals surface area (Å²) in [5.74, 6) is 0.285. The molecule has 0 unspecified atom stereocenters. The monoisotopic (exact) mass is 410 g/mol. The largest absolute Gasteiger partial charge is 0.420 e. The van der Waals surface area contributed by atoms with Gasteiger partial charge in [0.25, 0.3) is 11.6 Å². The Kier molecular flexibility index (Phi) is 5.26. The number of likely N-dealkylation sites (tertiary alicyclic amines) is 1. The van der Waals surface area contributed by atoms with Gasteiger partial charge in [0.2, 0.25) is 11.8 Å². The molecule has 0 aliphatic carbocycles. The van der Waals surface area contributed by atoms with E-state index >= 15 is 0 Å². The number of amides is 1. The molecule has 154 valence electrons. The topological polar surface area (TPSA) is 102 Å². The van der Waals surface area contributed by atoms with Gasteiger partial charge in [0.15, 0.2) is 0 Å². The van der Waals surface area contributed by atoms with Gasteiger partial charge in [-0.15, -0.1) is 10.2 Å². The van der Waals surface area contributed by atoms with Crippen molar-refractivity contribution in [1.29, 1.82) is 0 Å². The molecule has 1 saturated heterocycles. The van der Waals surface area contributed by atoms with Gasteiger partial charge < -0.3 is 9.32 Å². The second kappa shape index (κ2) is 8.02. The van der Waals surface area contributed by atoms with Gasteiger partial charge >= 0.3 is 0 Å². The van der Waals surface area contributed by atoms with Gasteiger partial charge in [0.05, 0.1) is 4.92 Å². The van der Waals surface area contributed by atoms with Crippen LogP contribution < -0.4 is 0 Å². The fraction of sp³-hybridized carbons (Fsp3) is 0.286. The molecule has 0 atom stereocenters. The number of carbonyl (C=O) groups is 1. The van der Waals surface area contributed by atoms with Crippen LogP contribution in [0.1, 0.15) is 40.6 Å². The minimum atomic E-state index is -0.480. The summed E-state index contributed by atoms with van der Waals surface area (Å²) in [6.45, 7) is 2.56. The molecule has 1 aliphatic heterocycles. The van der Waals surface area contributed by atoms with E-state index in [9.17, 15) is 19.3 Å². The third kappa shape index (κ3) is 3.78. The fourth-order valence-electron chi connectivity index (χ4n) is 3.66. The average molecular weight is 410 g/mol. The Hall–Kier alpha value is -3.62. The van der Waals surface area contributed by atoms with Crippen LogP contribution in [-0.2, 0) is 0 Å². The maximum absolute atomic E-state index is 13.1. The Morgan fingerprint density at radius 3 is 2.53 bits per heavy atom. The summed E-state index contributed by atoms with van der Waals surface area (Å²) in [7, 11) is 0. The first-order valence-electron chi connectivity index (χ1n) is 9.56. The average Bonchev–Trinajstić information content (AvgIpc) is 3.24. The molecule has 9 heteroatoms. The zero-order valence-electron chi connectivity index (χ0n) is 16.2. The molecule has 0 bridgehead atoms. The first kappa shape index (κ1) is 19.7. The molecule has 2 heterocycles. The normalized spacial score (nSPS) is 14.7. The summed E-state index contributed by atoms with van der Waals surface area (Å²) >= 11 is 0. The van der Waals surface area contributed by atoms with Crippen molar-refractivity contribution < 1.29 is 18.5 Å². The molecule has 4 rings (SSSR count). The van der Waals surface area contributed by atoms with Crippen LogP contribution in [-0.4, -0.2) is 39.0 Å². The van der Waals surface area contributed by atoms with Crippen molar-refractivity contribution in [2.45, 2.75) is 25.7 Å². The van der Waals surface area contributed by atoms with Crippen molar-refractivity contribution in [2.75, 3.05) is 13.1 Å². The highest BCUT2D eigenvalue weighted by atomic mass is 19.1. The highest BCUT2D eigenvalue weighted by Gasteiger charge is 2.29. The van der Waals surface area contributed by atoms with Gasteiger partial charge in [0.1, 0.15) is 5.82 Å². The number of nitro groups is 1. The van der Waals surface area contributed by atoms with Gasteiger partial charge in [-0.2, -0.15) is 0 Å². The predicted molar refractivity (Wildman–Crippen MR) is 105 cm³/mol. The van der Waals surface area contributed by atoms with Crippen LogP contribution in [0.3, 0.4) is 0 Å². The predicted octanol–water partition coefficient (Wildman–Crippen LogP) is 4.11. The van der Waals surface area contributed by atoms with Crippen LogP contribution in [0.2, 0.25) is 0 Å². The smallest absolute Gasteiger partial charge is 0.273 e. The lowest BCUT2D eigenvalue weighted by Crippen LogP contribution is -2.38. The highest BCUT2D eigenvalue weighted by molar-refractivity contribution is 5.96. The zero-order chi connectivity index (χ0) is 21.3. The number of halogens is 1. The Bertz CT molecular complexity index is 1090. The number of nitro benzene ring substituents is 1. The molecule has 30 heavy (non-hydrogen) atoms. The number of hydrogen-bond donors (Lipinski definition) is 0. The number of benzene rings is 2. The number of aromatic nitrogens is 2. The van der Waals surface area contributed by atoms with E-state index in [0.29, 0.717) is 54.4 Å². The van der Waals surface area contributed by atoms with Crippen molar-refractivity contribution in [3.8, 4) is 11.5 Å². The molecule has 3 aromatic rings. The second-order valence-electron chi connectivity index (χ2n) is 7.23. The number of carbonyl (C=O) groups excluding carboxylic acids is 1. The van der Waals surface area contributed by atoms with Crippen LogP contribution in [0.15, 0.2) is 46.9 Å². The Morgan fingerprint density at radius 2 is 1.87 bits per heavy atom. The summed E-state index contributed by atoms with van der Waals surface area (Å²) in [6, 6.07) is 10.4. The molecule has 1 amide bonds. The van der Waals surface area contributed by atoms with Crippen LogP contribution in [0.25, 0.3) is 11.5 Å². The SMILES string of the molecule is Cc1c(C(=O)N2CCC(c3nnc(-c4ccc(F)cc4)o3)CC2)cccc1[N+](=O)[O-]. The molecule has 2 aromatic carbocycles. The van der Waals surface area contributed by atoms with Crippen molar-refractivity contribution in [2.24, 2.45) is 0 Å². The van der Waals surface area contributed by atoms with E-state index in [2.05, 4.69) is 10.2 Å². The first-order chi connectivity index (χ1) is 14.4. The van der Waals surface area contributed by atoms with E-state index in [1.54, 1.807) is 30.0 Å². The maximum Gasteiger partial charge on any atom is 0.273 e. The molecule has 1 aromatic heterocycles. The van der Waals surface area contributed by atoms with E-state index in [-0.39, 0.29) is 23.3 Å². The first-order valence-corrected chi connectivity index (χ1v) is 9.56. The molecule has 0 saturated carbocycles. The molecule has 0 N–H and O–H groups in total. The number of hydrogen-bond acceptors (Lipinski definition) is 6. The van der Waals surface area contributed by atoms with Crippen LogP contribution in [0.4, 0.5) is 10.1 Å². The van der Waals surface area contributed by atoms with Gasteiger partial charge in [-0.1, -0.05) is 6.07 Å². The summed E-state index contributed by atoms with van der Waals surface area (Å²) in [5, 5.41) is 19.3. The van der Waals surface area contributed by atoms with Crippen molar-refractivity contribution in [3.63, 3.8) is 0 Å². The lowest BCUT2D eigenvalue weighted by molar-refractivity contribution is -0.385. The lowest BCUT2D eigenvalue weighted by Gasteiger charge is -2.30. The van der Waals surface area contributed by atoms with Crippen LogP contribution >= 0.6 is 0 Å². The fourth-order valence-corrected chi connectivity index (χ4v) is 3.66. The highest BCUT2D eigenvalue weighted by Crippen LogP contribution is 2.31. The molecular formula is C21H19FN4O4. The molecule has 0 radical (unpaired) electrons. The quantitative estimate of drug-likeness (QED) is 0.474. The van der Waals surface area contributed by atoms with Crippen molar-refractivity contribution in [3.05, 3.63) is 75.4 Å². The van der Waals surface area contributed by atoms with Gasteiger partial charge in [0, 0.05) is 41.8 Å². The van der Waals surface area contributed by atoms with Gasteiger partial charge in [-0.25, -0.2) is 4.39 Å². The third-order valence-corrected chi connectivity index (χ3v) is 5.40. The summed E-state index contributed by atoms with van der Waals surface area (Å²) in [5.41, 5.74) is 1.30. The van der Waals surface area contributed by atoms with Crippen molar-refractivity contribution >= 4 is 11.6 Å². The Labute approximate surface area is 171 Å². The summed E-state index contributed by atoms with van der Waals surface area (Å²) in [6.07, 6.45) is 1.29. The number of nitrogens with zero attached hydrogens (tertiary/aromatic N) is 4. The Morgan fingerprint density at radius 1 is 1.17 bits per heavy atom. The lowest BCUT2D eigenvalue weighted by atomic mass is 9.95. The molecule has 0 spiro atoms. The standard InChI is InChI=1S/C21H19FN4O4/c1-13-17(3-2-4-18(13)26(28)29)21(27)25-11-9-15(10-12-25)20-24-23-19(30-20)14-5-7-16(22)8-6-14/h2-8,15H,9-12H2,1H3. The van der Waals surface area contributed by atoms with E-state index in [4.69, 9.17) is 4.42 Å². The Balaban J connectivity index is 1.43. The summed E-state index contributed by atoms with van der Waals surface area (Å²) in [4.78, 5) is 25.2. The number of rotatable bonds is 4. The zero-order valence-corrected chi connectivity index (χ0v) is 16.2. The van der Waals surface area contributed by atoms with E-state index in [0.717, 1.165) is 0 Å². The van der Waals surface area contributed by atoms with Crippen LogP contribution in [0.5, 0.6) is 0 Å². The summed E-state index contributed by atoms with van der Waals surface area (Å²) < 4.78 is 18.8. The number of piperidine rings is 1. The molecule has 8 nitrogen and oxygen atoms in total. The minimum Gasteiger partial charge on any atom is -0.420 e. The molecular weight excluding hydrogens is 391 g/mol. The third-order valence-electron chi connectivity index (χ3n) is 5.40. The van der Waals surface area contributed by atoms with Crippen molar-refractivity contribution in [1.82, 2.24) is 15.1 Å². The van der Waals surface area contributed by atoms with Gasteiger partial charge in [-0.05, 0) is 50.1 Å². The van der Waals surface area contributed by atoms with E-state index in [1.807, 2.05) is 0 Å². The van der Waals surface area contributed by atoms with Gasteiger partial charge in [-0.3, -0.25) is 14.9 Å². The van der Waals surface area contributed by atoms with E-state index < -0.39 is 4.92 Å². The van der Waals surface area contributed by atoms with Crippen LogP contribution in [0, 0.1) is 22.9 Å². The maximum atomic E-state index is 13.1. The van der Waals surface area contributed by atoms with E-state index in [1.165, 1.54) is 24.3 Å². The minimum absolute atomic E-state index is 0.0157. The molecule has 1 fully saturated rings. The second-order valence-corrected chi connectivity index (χ2v) is 7.23.